The molecule has 3 rings (SSSR count). The van der Waals surface area contributed by atoms with E-state index in [0.29, 0.717) is 25.8 Å². The van der Waals surface area contributed by atoms with Crippen LogP contribution < -0.4 is 16.0 Å². The van der Waals surface area contributed by atoms with Crippen molar-refractivity contribution in [1.29, 1.82) is 0 Å². The number of hydrogen-bond acceptors (Lipinski definition) is 5. The van der Waals surface area contributed by atoms with Crippen LogP contribution in [0.1, 0.15) is 78.6 Å². The van der Waals surface area contributed by atoms with Gasteiger partial charge in [-0.05, 0) is 52.0 Å². The van der Waals surface area contributed by atoms with Gasteiger partial charge in [0.15, 0.2) is 0 Å². The average Bonchev–Trinajstić information content (AvgIpc) is 3.22. The van der Waals surface area contributed by atoms with Crippen LogP contribution >= 0.6 is 0 Å². The molecule has 0 aromatic heterocycles. The van der Waals surface area contributed by atoms with Crippen molar-refractivity contribution in [3.63, 3.8) is 0 Å². The molecule has 4 atom stereocenters. The quantitative estimate of drug-likeness (QED) is 0.510. The Kier molecular flexibility index (Phi) is 9.33. The first kappa shape index (κ1) is 26.4. The van der Waals surface area contributed by atoms with E-state index in [2.05, 4.69) is 16.0 Å². The topological polar surface area (TPSA) is 111 Å². The zero-order valence-electron chi connectivity index (χ0n) is 21.3. The molecular weight excluding hydrogens is 434 g/mol. The summed E-state index contributed by atoms with van der Waals surface area (Å²) in [5.74, 6) is -0.421. The highest BCUT2D eigenvalue weighted by Gasteiger charge is 2.45. The Hall–Kier alpha value is -2.16. The lowest BCUT2D eigenvalue weighted by Crippen LogP contribution is -2.62. The molecule has 0 radical (unpaired) electrons. The van der Waals surface area contributed by atoms with E-state index in [1.165, 1.54) is 6.42 Å². The van der Waals surface area contributed by atoms with E-state index in [1.54, 1.807) is 23.8 Å². The lowest BCUT2D eigenvalue weighted by Gasteiger charge is -2.39. The highest BCUT2D eigenvalue weighted by atomic mass is 16.2. The average molecular weight is 478 g/mol. The van der Waals surface area contributed by atoms with E-state index in [9.17, 15) is 19.2 Å². The predicted molar refractivity (Wildman–Crippen MR) is 130 cm³/mol. The van der Waals surface area contributed by atoms with Gasteiger partial charge in [-0.1, -0.05) is 33.1 Å². The molecule has 0 bridgehead atoms. The van der Waals surface area contributed by atoms with Gasteiger partial charge in [-0.25, -0.2) is 0 Å². The number of nitrogens with one attached hydrogen (secondary N) is 3. The number of fused-ring (bicyclic) bond motifs is 1. The lowest BCUT2D eigenvalue weighted by atomic mass is 9.95. The van der Waals surface area contributed by atoms with Gasteiger partial charge >= 0.3 is 0 Å². The molecule has 2 saturated heterocycles. The van der Waals surface area contributed by atoms with Crippen LogP contribution in [-0.2, 0) is 19.2 Å². The Labute approximate surface area is 203 Å². The third-order valence-corrected chi connectivity index (χ3v) is 7.52. The molecule has 9 heteroatoms. The molecule has 3 fully saturated rings. The summed E-state index contributed by atoms with van der Waals surface area (Å²) in [5, 5.41) is 8.94. The van der Waals surface area contributed by atoms with E-state index < -0.39 is 18.1 Å². The molecule has 4 amide bonds. The second-order valence-electron chi connectivity index (χ2n) is 10.6. The van der Waals surface area contributed by atoms with Gasteiger partial charge < -0.3 is 25.8 Å². The highest BCUT2D eigenvalue weighted by molar-refractivity contribution is 5.94. The number of amides is 4. The van der Waals surface area contributed by atoms with Gasteiger partial charge in [0, 0.05) is 31.6 Å². The molecule has 2 heterocycles. The zero-order chi connectivity index (χ0) is 24.8. The fourth-order valence-corrected chi connectivity index (χ4v) is 5.42. The van der Waals surface area contributed by atoms with Crippen LogP contribution in [0.15, 0.2) is 0 Å². The number of nitrogens with zero attached hydrogens (tertiary/aromatic N) is 2. The maximum absolute atomic E-state index is 13.8. The molecule has 0 spiro atoms. The molecule has 3 aliphatic rings. The SMILES string of the molecule is CN[C@@H](C)C(=O)N[C@H]1CN(C(=O)CC(C)C)CC[C@H]2CC[C@@H](C(=O)NC3CCCCC3)N2C1=O. The molecule has 3 N–H and O–H groups in total. The largest absolute Gasteiger partial charge is 0.352 e. The van der Waals surface area contributed by atoms with Gasteiger partial charge in [0.1, 0.15) is 12.1 Å². The van der Waals surface area contributed by atoms with Gasteiger partial charge in [-0.15, -0.1) is 0 Å². The maximum Gasteiger partial charge on any atom is 0.247 e. The molecule has 2 aliphatic heterocycles. The third kappa shape index (κ3) is 6.49. The van der Waals surface area contributed by atoms with Crippen LogP contribution in [-0.4, -0.2) is 83.8 Å². The van der Waals surface area contributed by atoms with Crippen LogP contribution in [0.4, 0.5) is 0 Å². The van der Waals surface area contributed by atoms with Crippen LogP contribution in [0.2, 0.25) is 0 Å². The summed E-state index contributed by atoms with van der Waals surface area (Å²) in [5.41, 5.74) is 0. The summed E-state index contributed by atoms with van der Waals surface area (Å²) >= 11 is 0. The molecule has 9 nitrogen and oxygen atoms in total. The molecule has 1 aliphatic carbocycles. The fraction of sp³-hybridized carbons (Fsp3) is 0.840. The second kappa shape index (κ2) is 12.0. The van der Waals surface area contributed by atoms with Gasteiger partial charge in [0.25, 0.3) is 0 Å². The fourth-order valence-electron chi connectivity index (χ4n) is 5.42. The van der Waals surface area contributed by atoms with E-state index >= 15 is 0 Å². The first-order valence-electron chi connectivity index (χ1n) is 13.1. The van der Waals surface area contributed by atoms with E-state index in [1.807, 2.05) is 13.8 Å². The van der Waals surface area contributed by atoms with Crippen molar-refractivity contribution in [3.8, 4) is 0 Å². The number of rotatable bonds is 7. The van der Waals surface area contributed by atoms with E-state index in [4.69, 9.17) is 0 Å². The Morgan fingerprint density at radius 1 is 0.971 bits per heavy atom. The standard InChI is InChI=1S/C25H43N5O4/c1-16(2)14-22(31)29-13-12-19-10-11-21(24(33)27-18-8-6-5-7-9-18)30(19)25(34)20(15-29)28-23(32)17(3)26-4/h16-21,26H,5-15H2,1-4H3,(H,27,33)(H,28,32)/t17-,19+,20-,21-/m0/s1. The van der Waals surface area contributed by atoms with Crippen LogP contribution in [0.5, 0.6) is 0 Å². The van der Waals surface area contributed by atoms with Crippen molar-refractivity contribution in [1.82, 2.24) is 25.8 Å². The Morgan fingerprint density at radius 3 is 2.32 bits per heavy atom. The number of likely N-dealkylation sites (N-methyl/N-ethyl adjacent to an activating group) is 1. The monoisotopic (exact) mass is 477 g/mol. The van der Waals surface area contributed by atoms with Crippen molar-refractivity contribution in [3.05, 3.63) is 0 Å². The Balaban J connectivity index is 1.79. The van der Waals surface area contributed by atoms with Crippen molar-refractivity contribution in [2.75, 3.05) is 20.1 Å². The Bertz CT molecular complexity index is 752. The summed E-state index contributed by atoms with van der Waals surface area (Å²) in [6.45, 7) is 6.37. The first-order chi connectivity index (χ1) is 16.2. The number of hydrogen-bond donors (Lipinski definition) is 3. The minimum atomic E-state index is -0.870. The van der Waals surface area contributed by atoms with Crippen LogP contribution in [0, 0.1) is 5.92 Å². The van der Waals surface area contributed by atoms with Gasteiger partial charge in [0.2, 0.25) is 23.6 Å². The van der Waals surface area contributed by atoms with Gasteiger partial charge in [0.05, 0.1) is 6.04 Å². The lowest BCUT2D eigenvalue weighted by molar-refractivity contribution is -0.147. The Morgan fingerprint density at radius 2 is 1.68 bits per heavy atom. The number of carbonyl (C=O) groups is 4. The van der Waals surface area contributed by atoms with Gasteiger partial charge in [-0.2, -0.15) is 0 Å². The molecule has 34 heavy (non-hydrogen) atoms. The molecule has 0 aromatic rings. The highest BCUT2D eigenvalue weighted by Crippen LogP contribution is 2.30. The molecule has 0 aromatic carbocycles. The van der Waals surface area contributed by atoms with Gasteiger partial charge in [-0.3, -0.25) is 19.2 Å². The molecule has 1 saturated carbocycles. The first-order valence-corrected chi connectivity index (χ1v) is 13.1. The van der Waals surface area contributed by atoms with Crippen molar-refractivity contribution in [2.24, 2.45) is 5.92 Å². The molecular formula is C25H43N5O4. The normalized spacial score (nSPS) is 27.1. The third-order valence-electron chi connectivity index (χ3n) is 7.52. The summed E-state index contributed by atoms with van der Waals surface area (Å²) < 4.78 is 0. The summed E-state index contributed by atoms with van der Waals surface area (Å²) in [7, 11) is 1.69. The van der Waals surface area contributed by atoms with Crippen LogP contribution in [0.25, 0.3) is 0 Å². The second-order valence-corrected chi connectivity index (χ2v) is 10.6. The van der Waals surface area contributed by atoms with Crippen molar-refractivity contribution in [2.45, 2.75) is 109 Å². The predicted octanol–water partition coefficient (Wildman–Crippen LogP) is 1.17. The van der Waals surface area contributed by atoms with Crippen molar-refractivity contribution >= 4 is 23.6 Å². The van der Waals surface area contributed by atoms with E-state index in [0.717, 1.165) is 32.1 Å². The number of carbonyl (C=O) groups excluding carboxylic acids is 4. The summed E-state index contributed by atoms with van der Waals surface area (Å²) in [6.07, 6.45) is 7.83. The molecule has 0 unspecified atom stereocenters. The minimum Gasteiger partial charge on any atom is -0.352 e. The van der Waals surface area contributed by atoms with Crippen LogP contribution in [0.3, 0.4) is 0 Å². The van der Waals surface area contributed by atoms with E-state index in [-0.39, 0.29) is 48.2 Å². The zero-order valence-corrected chi connectivity index (χ0v) is 21.3. The summed E-state index contributed by atoms with van der Waals surface area (Å²) in [4.78, 5) is 56.0. The smallest absolute Gasteiger partial charge is 0.247 e. The maximum atomic E-state index is 13.8. The summed E-state index contributed by atoms with van der Waals surface area (Å²) in [6, 6.07) is -1.78. The van der Waals surface area contributed by atoms with Crippen molar-refractivity contribution < 1.29 is 19.2 Å². The minimum absolute atomic E-state index is 0.00162. The molecule has 192 valence electrons.